The van der Waals surface area contributed by atoms with Gasteiger partial charge < -0.3 is 15.0 Å². The second kappa shape index (κ2) is 6.23. The number of ether oxygens (including phenoxy) is 1. The number of aromatic nitrogens is 4. The van der Waals surface area contributed by atoms with E-state index in [1.165, 1.54) is 6.33 Å². The maximum atomic E-state index is 12.0. The van der Waals surface area contributed by atoms with Crippen molar-refractivity contribution < 1.29 is 9.53 Å². The van der Waals surface area contributed by atoms with E-state index in [-0.39, 0.29) is 5.91 Å². The van der Waals surface area contributed by atoms with E-state index in [0.29, 0.717) is 56.0 Å². The van der Waals surface area contributed by atoms with Gasteiger partial charge in [-0.05, 0) is 0 Å². The van der Waals surface area contributed by atoms with Gasteiger partial charge in [0.2, 0.25) is 5.91 Å². The second-order valence-corrected chi connectivity index (χ2v) is 4.99. The number of carbonyl (C=O) groups excluding carboxylic acids is 1. The number of nitrogens with zero attached hydrogens (tertiary/aromatic N) is 5. The van der Waals surface area contributed by atoms with Crippen LogP contribution in [0.25, 0.3) is 5.78 Å². The molecule has 21 heavy (non-hydrogen) atoms. The number of halogens is 1. The number of nitrogens with one attached hydrogen (secondary N) is 1. The maximum Gasteiger partial charge on any atom is 0.255 e. The number of rotatable bonds is 4. The van der Waals surface area contributed by atoms with Gasteiger partial charge in [-0.2, -0.15) is 19.6 Å². The van der Waals surface area contributed by atoms with Gasteiger partial charge in [-0.15, -0.1) is 0 Å². The Balaban J connectivity index is 1.59. The van der Waals surface area contributed by atoms with Crippen molar-refractivity contribution in [3.63, 3.8) is 0 Å². The lowest BCUT2D eigenvalue weighted by molar-refractivity contribution is -0.134. The van der Waals surface area contributed by atoms with Gasteiger partial charge in [0.25, 0.3) is 5.78 Å². The fourth-order valence-electron chi connectivity index (χ4n) is 2.18. The molecule has 1 fully saturated rings. The van der Waals surface area contributed by atoms with Gasteiger partial charge in [-0.1, -0.05) is 11.6 Å². The first-order valence-corrected chi connectivity index (χ1v) is 7.07. The Hall–Kier alpha value is -1.93. The molecule has 2 aromatic rings. The molecule has 1 saturated heterocycles. The zero-order valence-electron chi connectivity index (χ0n) is 11.3. The molecule has 2 aromatic heterocycles. The van der Waals surface area contributed by atoms with Crippen LogP contribution < -0.4 is 5.32 Å². The van der Waals surface area contributed by atoms with Crippen molar-refractivity contribution in [1.29, 1.82) is 0 Å². The molecule has 0 radical (unpaired) electrons. The van der Waals surface area contributed by atoms with Gasteiger partial charge in [-0.25, -0.2) is 0 Å². The number of amides is 1. The minimum Gasteiger partial charge on any atom is -0.378 e. The van der Waals surface area contributed by atoms with Crippen LogP contribution in [0.2, 0.25) is 5.15 Å². The maximum absolute atomic E-state index is 12.0. The average molecular weight is 311 g/mol. The van der Waals surface area contributed by atoms with Crippen LogP contribution in [-0.4, -0.2) is 63.2 Å². The minimum absolute atomic E-state index is 0.112. The van der Waals surface area contributed by atoms with E-state index in [4.69, 9.17) is 16.3 Å². The SMILES string of the molecule is O=C(CCNc1cc(Cl)nc2ncnn12)N1CCOCC1. The Morgan fingerprint density at radius 2 is 2.24 bits per heavy atom. The quantitative estimate of drug-likeness (QED) is 0.825. The van der Waals surface area contributed by atoms with Crippen LogP contribution in [0.3, 0.4) is 0 Å². The monoisotopic (exact) mass is 310 g/mol. The highest BCUT2D eigenvalue weighted by atomic mass is 35.5. The Morgan fingerprint density at radius 1 is 1.43 bits per heavy atom. The van der Waals surface area contributed by atoms with Gasteiger partial charge in [0, 0.05) is 32.1 Å². The number of hydrogen-bond donors (Lipinski definition) is 1. The Labute approximate surface area is 126 Å². The first-order valence-electron chi connectivity index (χ1n) is 6.70. The van der Waals surface area contributed by atoms with E-state index in [1.54, 1.807) is 10.6 Å². The number of fused-ring (bicyclic) bond motifs is 1. The number of morpholine rings is 1. The van der Waals surface area contributed by atoms with Crippen LogP contribution in [0.15, 0.2) is 12.4 Å². The fraction of sp³-hybridized carbons (Fsp3) is 0.500. The highest BCUT2D eigenvalue weighted by molar-refractivity contribution is 6.29. The van der Waals surface area contributed by atoms with E-state index in [2.05, 4.69) is 20.4 Å². The van der Waals surface area contributed by atoms with Gasteiger partial charge in [0.1, 0.15) is 17.3 Å². The third-order valence-corrected chi connectivity index (χ3v) is 3.42. The van der Waals surface area contributed by atoms with E-state index < -0.39 is 0 Å². The highest BCUT2D eigenvalue weighted by Crippen LogP contribution is 2.14. The van der Waals surface area contributed by atoms with Crippen LogP contribution in [0.1, 0.15) is 6.42 Å². The zero-order valence-corrected chi connectivity index (χ0v) is 12.1. The molecule has 3 rings (SSSR count). The van der Waals surface area contributed by atoms with Gasteiger partial charge in [0.05, 0.1) is 13.2 Å². The third kappa shape index (κ3) is 3.22. The summed E-state index contributed by atoms with van der Waals surface area (Å²) in [6.07, 6.45) is 1.80. The number of hydrogen-bond acceptors (Lipinski definition) is 6. The normalized spacial score (nSPS) is 15.4. The highest BCUT2D eigenvalue weighted by Gasteiger charge is 2.16. The summed E-state index contributed by atoms with van der Waals surface area (Å²) in [5.41, 5.74) is 0. The predicted octanol–water partition coefficient (Wildman–Crippen LogP) is 0.438. The third-order valence-electron chi connectivity index (χ3n) is 3.23. The topological polar surface area (TPSA) is 84.7 Å². The van der Waals surface area contributed by atoms with Crippen molar-refractivity contribution in [3.05, 3.63) is 17.5 Å². The molecule has 1 N–H and O–H groups in total. The molecular formula is C12H15ClN6O2. The van der Waals surface area contributed by atoms with Crippen molar-refractivity contribution in [2.24, 2.45) is 0 Å². The molecule has 112 valence electrons. The second-order valence-electron chi connectivity index (χ2n) is 4.61. The number of carbonyl (C=O) groups is 1. The van der Waals surface area contributed by atoms with Crippen molar-refractivity contribution in [3.8, 4) is 0 Å². The number of anilines is 1. The summed E-state index contributed by atoms with van der Waals surface area (Å²) in [6, 6.07) is 1.66. The van der Waals surface area contributed by atoms with Gasteiger partial charge >= 0.3 is 0 Å². The lowest BCUT2D eigenvalue weighted by Gasteiger charge is -2.26. The molecule has 1 amide bonds. The zero-order chi connectivity index (χ0) is 14.7. The van der Waals surface area contributed by atoms with Gasteiger partial charge in [-0.3, -0.25) is 4.79 Å². The average Bonchev–Trinajstić information content (AvgIpc) is 2.96. The summed E-state index contributed by atoms with van der Waals surface area (Å²) in [5.74, 6) is 1.20. The standard InChI is InChI=1S/C12H15ClN6O2/c13-9-7-10(19-12(17-9)15-8-16-19)14-2-1-11(20)18-3-5-21-6-4-18/h7-8,14H,1-6H2. The molecule has 0 spiro atoms. The van der Waals surface area contributed by atoms with Crippen molar-refractivity contribution in [2.75, 3.05) is 38.2 Å². The summed E-state index contributed by atoms with van der Waals surface area (Å²) in [4.78, 5) is 21.9. The minimum atomic E-state index is 0.112. The van der Waals surface area contributed by atoms with Crippen LogP contribution in [0, 0.1) is 0 Å². The Kier molecular flexibility index (Phi) is 4.16. The van der Waals surface area contributed by atoms with E-state index >= 15 is 0 Å². The molecule has 0 saturated carbocycles. The summed E-state index contributed by atoms with van der Waals surface area (Å²) in [7, 11) is 0. The smallest absolute Gasteiger partial charge is 0.255 e. The summed E-state index contributed by atoms with van der Waals surface area (Å²) in [6.45, 7) is 3.03. The van der Waals surface area contributed by atoms with Crippen LogP contribution in [0.5, 0.6) is 0 Å². The molecule has 1 aliphatic heterocycles. The molecule has 1 aliphatic rings. The molecule has 0 atom stereocenters. The van der Waals surface area contributed by atoms with Crippen LogP contribution in [-0.2, 0) is 9.53 Å². The summed E-state index contributed by atoms with van der Waals surface area (Å²) >= 11 is 5.92. The van der Waals surface area contributed by atoms with E-state index in [0.717, 1.165) is 0 Å². The Morgan fingerprint density at radius 3 is 3.05 bits per heavy atom. The summed E-state index contributed by atoms with van der Waals surface area (Å²) in [5, 5.41) is 7.53. The first kappa shape index (κ1) is 14.0. The Bertz CT molecular complexity index is 640. The molecule has 0 aliphatic carbocycles. The van der Waals surface area contributed by atoms with Crippen molar-refractivity contribution >= 4 is 29.1 Å². The predicted molar refractivity (Wildman–Crippen MR) is 76.3 cm³/mol. The van der Waals surface area contributed by atoms with Crippen LogP contribution in [0.4, 0.5) is 5.82 Å². The molecule has 3 heterocycles. The van der Waals surface area contributed by atoms with E-state index in [9.17, 15) is 4.79 Å². The lowest BCUT2D eigenvalue weighted by Crippen LogP contribution is -2.41. The largest absolute Gasteiger partial charge is 0.378 e. The van der Waals surface area contributed by atoms with Gasteiger partial charge in [0.15, 0.2) is 0 Å². The first-order chi connectivity index (χ1) is 10.2. The lowest BCUT2D eigenvalue weighted by atomic mass is 10.3. The molecule has 9 heteroatoms. The van der Waals surface area contributed by atoms with Crippen LogP contribution >= 0.6 is 11.6 Å². The molecular weight excluding hydrogens is 296 g/mol. The molecule has 0 bridgehead atoms. The van der Waals surface area contributed by atoms with Crippen molar-refractivity contribution in [1.82, 2.24) is 24.5 Å². The van der Waals surface area contributed by atoms with E-state index in [1.807, 2.05) is 4.90 Å². The molecule has 0 aromatic carbocycles. The summed E-state index contributed by atoms with van der Waals surface area (Å²) < 4.78 is 6.77. The molecule has 8 nitrogen and oxygen atoms in total. The van der Waals surface area contributed by atoms with Crippen molar-refractivity contribution in [2.45, 2.75) is 6.42 Å². The molecule has 0 unspecified atom stereocenters. The fourth-order valence-corrected chi connectivity index (χ4v) is 2.36.